The number of benzene rings is 1. The Morgan fingerprint density at radius 1 is 1.03 bits per heavy atom. The van der Waals surface area contributed by atoms with Crippen molar-refractivity contribution >= 4 is 17.5 Å². The normalized spacial score (nSPS) is 29.6. The zero-order valence-electron chi connectivity index (χ0n) is 20.6. The van der Waals surface area contributed by atoms with Crippen LogP contribution < -0.4 is 10.2 Å². The van der Waals surface area contributed by atoms with E-state index in [0.29, 0.717) is 19.1 Å². The Morgan fingerprint density at radius 2 is 1.89 bits per heavy atom. The van der Waals surface area contributed by atoms with E-state index in [4.69, 9.17) is 0 Å². The Bertz CT molecular complexity index is 1120. The zero-order valence-corrected chi connectivity index (χ0v) is 20.6. The lowest BCUT2D eigenvalue weighted by Gasteiger charge is -2.37. The Hall–Kier alpha value is -2.77. The molecule has 6 rings (SSSR count). The fourth-order valence-electron chi connectivity index (χ4n) is 6.99. The molecule has 2 bridgehead atoms. The van der Waals surface area contributed by atoms with Crippen molar-refractivity contribution in [1.82, 2.24) is 20.1 Å². The van der Waals surface area contributed by atoms with Crippen LogP contribution in [-0.2, 0) is 21.7 Å². The minimum absolute atomic E-state index is 0.0398. The standard InChI is InChI=1S/C28H35N5O2/c1-20-10-11-21(18-30-20)19-31-13-5-12-29-26(34)24-17-22-7-4-16-33(22)28(24)23-8-2-3-9-25(23)32(27(28)35)15-6-14-31/h2-3,8-11,18,22,24H,4-7,12-17,19H2,1H3,(H,29,34)/t22-,24-,28+/m0/s1. The Kier molecular flexibility index (Phi) is 5.85. The number of hydrogen-bond acceptors (Lipinski definition) is 5. The van der Waals surface area contributed by atoms with Crippen molar-refractivity contribution in [2.75, 3.05) is 37.6 Å². The molecule has 3 fully saturated rings. The summed E-state index contributed by atoms with van der Waals surface area (Å²) in [7, 11) is 0. The van der Waals surface area contributed by atoms with Crippen LogP contribution in [0.2, 0.25) is 0 Å². The number of carbonyl (C=O) groups is 2. The Labute approximate surface area is 207 Å². The molecule has 0 unspecified atom stereocenters. The Balaban J connectivity index is 1.32. The molecule has 2 amide bonds. The van der Waals surface area contributed by atoms with Crippen LogP contribution >= 0.6 is 0 Å². The van der Waals surface area contributed by atoms with E-state index in [9.17, 15) is 9.59 Å². The molecular weight excluding hydrogens is 438 g/mol. The number of amides is 2. The minimum Gasteiger partial charge on any atom is -0.356 e. The number of hydrogen-bond donors (Lipinski definition) is 1. The topological polar surface area (TPSA) is 68.8 Å². The maximum absolute atomic E-state index is 14.3. The fraction of sp³-hybridized carbons (Fsp3) is 0.536. The van der Waals surface area contributed by atoms with Crippen LogP contribution in [0.1, 0.15) is 48.9 Å². The van der Waals surface area contributed by atoms with Gasteiger partial charge in [0.2, 0.25) is 5.91 Å². The smallest absolute Gasteiger partial charge is 0.253 e. The average molecular weight is 474 g/mol. The molecule has 0 radical (unpaired) electrons. The molecule has 1 N–H and O–H groups in total. The maximum atomic E-state index is 14.3. The molecule has 7 heteroatoms. The van der Waals surface area contributed by atoms with Gasteiger partial charge in [-0.1, -0.05) is 24.3 Å². The summed E-state index contributed by atoms with van der Waals surface area (Å²) in [5.74, 6) is -0.184. The first-order chi connectivity index (χ1) is 17.1. The van der Waals surface area contributed by atoms with E-state index >= 15 is 0 Å². The van der Waals surface area contributed by atoms with E-state index < -0.39 is 5.54 Å². The summed E-state index contributed by atoms with van der Waals surface area (Å²) in [4.78, 5) is 39.2. The van der Waals surface area contributed by atoms with Gasteiger partial charge in [-0.05, 0) is 63.3 Å². The molecule has 3 atom stereocenters. The summed E-state index contributed by atoms with van der Waals surface area (Å²) in [6.45, 7) is 6.84. The SMILES string of the molecule is Cc1ccc(CN2CCCNC(=O)[C@@H]3C[C@@H]4CCCN4[C@@]34C(=O)N(CCC2)c2ccccc24)cn1. The van der Waals surface area contributed by atoms with Gasteiger partial charge in [0.25, 0.3) is 5.91 Å². The van der Waals surface area contributed by atoms with Crippen LogP contribution in [0.15, 0.2) is 42.6 Å². The maximum Gasteiger partial charge on any atom is 0.253 e. The first-order valence-corrected chi connectivity index (χ1v) is 13.2. The monoisotopic (exact) mass is 473 g/mol. The molecular formula is C28H35N5O2. The van der Waals surface area contributed by atoms with E-state index in [1.165, 1.54) is 5.56 Å². The average Bonchev–Trinajstić information content (AvgIpc) is 3.52. The third-order valence-corrected chi connectivity index (χ3v) is 8.52. The van der Waals surface area contributed by atoms with Crippen LogP contribution in [0.3, 0.4) is 0 Å². The molecule has 3 saturated heterocycles. The van der Waals surface area contributed by atoms with E-state index in [2.05, 4.69) is 44.4 Å². The first kappa shape index (κ1) is 22.7. The van der Waals surface area contributed by atoms with Crippen molar-refractivity contribution in [3.8, 4) is 0 Å². The molecule has 1 aromatic heterocycles. The van der Waals surface area contributed by atoms with Crippen LogP contribution in [0.4, 0.5) is 5.69 Å². The number of pyridine rings is 1. The summed E-state index contributed by atoms with van der Waals surface area (Å²) < 4.78 is 0. The second kappa shape index (κ2) is 9.03. The second-order valence-electron chi connectivity index (χ2n) is 10.6. The molecule has 184 valence electrons. The van der Waals surface area contributed by atoms with Crippen LogP contribution in [0, 0.1) is 12.8 Å². The van der Waals surface area contributed by atoms with Gasteiger partial charge >= 0.3 is 0 Å². The predicted octanol–water partition coefficient (Wildman–Crippen LogP) is 2.83. The minimum atomic E-state index is -0.844. The quantitative estimate of drug-likeness (QED) is 0.727. The summed E-state index contributed by atoms with van der Waals surface area (Å²) in [5.41, 5.74) is 3.40. The number of aryl methyl sites for hydroxylation is 1. The molecule has 4 aliphatic heterocycles. The fourth-order valence-corrected chi connectivity index (χ4v) is 6.99. The third kappa shape index (κ3) is 3.67. The summed E-state index contributed by atoms with van der Waals surface area (Å²) in [5, 5.41) is 3.23. The van der Waals surface area contributed by atoms with Gasteiger partial charge in [-0.3, -0.25) is 24.4 Å². The molecule has 35 heavy (non-hydrogen) atoms. The van der Waals surface area contributed by atoms with Crippen LogP contribution in [-0.4, -0.2) is 65.4 Å². The van der Waals surface area contributed by atoms with Gasteiger partial charge in [-0.2, -0.15) is 0 Å². The molecule has 1 spiro atoms. The van der Waals surface area contributed by atoms with Gasteiger partial charge in [0.05, 0.1) is 5.92 Å². The number of para-hydroxylation sites is 1. The number of rotatable bonds is 2. The highest BCUT2D eigenvalue weighted by Gasteiger charge is 2.66. The molecule has 5 heterocycles. The molecule has 4 aliphatic rings. The number of nitrogens with zero attached hydrogens (tertiary/aromatic N) is 4. The van der Waals surface area contributed by atoms with Crippen molar-refractivity contribution in [3.63, 3.8) is 0 Å². The molecule has 0 saturated carbocycles. The lowest BCUT2D eigenvalue weighted by atomic mass is 9.78. The van der Waals surface area contributed by atoms with Gasteiger partial charge in [-0.15, -0.1) is 0 Å². The summed E-state index contributed by atoms with van der Waals surface area (Å²) >= 11 is 0. The summed E-state index contributed by atoms with van der Waals surface area (Å²) in [6, 6.07) is 12.7. The highest BCUT2D eigenvalue weighted by atomic mass is 16.2. The number of aromatic nitrogens is 1. The lowest BCUT2D eigenvalue weighted by Crippen LogP contribution is -2.56. The van der Waals surface area contributed by atoms with Crippen molar-refractivity contribution in [1.29, 1.82) is 0 Å². The van der Waals surface area contributed by atoms with Crippen molar-refractivity contribution < 1.29 is 9.59 Å². The predicted molar refractivity (Wildman–Crippen MR) is 135 cm³/mol. The lowest BCUT2D eigenvalue weighted by molar-refractivity contribution is -0.138. The van der Waals surface area contributed by atoms with Gasteiger partial charge in [-0.25, -0.2) is 0 Å². The van der Waals surface area contributed by atoms with E-state index in [0.717, 1.165) is 75.2 Å². The number of anilines is 1. The molecule has 0 aliphatic carbocycles. The van der Waals surface area contributed by atoms with E-state index in [1.54, 1.807) is 0 Å². The van der Waals surface area contributed by atoms with Crippen LogP contribution in [0.25, 0.3) is 0 Å². The van der Waals surface area contributed by atoms with Crippen LogP contribution in [0.5, 0.6) is 0 Å². The van der Waals surface area contributed by atoms with Gasteiger partial charge in [0.1, 0.15) is 5.54 Å². The zero-order chi connectivity index (χ0) is 24.0. The highest BCUT2D eigenvalue weighted by Crippen LogP contribution is 2.57. The largest absolute Gasteiger partial charge is 0.356 e. The number of nitrogens with one attached hydrogen (secondary N) is 1. The highest BCUT2D eigenvalue weighted by molar-refractivity contribution is 6.10. The van der Waals surface area contributed by atoms with Gasteiger partial charge in [0.15, 0.2) is 0 Å². The Morgan fingerprint density at radius 3 is 2.74 bits per heavy atom. The van der Waals surface area contributed by atoms with Gasteiger partial charge < -0.3 is 10.2 Å². The third-order valence-electron chi connectivity index (χ3n) is 8.52. The van der Waals surface area contributed by atoms with Crippen molar-refractivity contribution in [3.05, 3.63) is 59.4 Å². The van der Waals surface area contributed by atoms with Crippen molar-refractivity contribution in [2.45, 2.75) is 57.2 Å². The first-order valence-electron chi connectivity index (χ1n) is 13.2. The molecule has 7 nitrogen and oxygen atoms in total. The summed E-state index contributed by atoms with van der Waals surface area (Å²) in [6.07, 6.45) is 6.68. The molecule has 1 aromatic carbocycles. The van der Waals surface area contributed by atoms with Crippen molar-refractivity contribution in [2.24, 2.45) is 5.92 Å². The van der Waals surface area contributed by atoms with Gasteiger partial charge in [0, 0.05) is 61.9 Å². The second-order valence-corrected chi connectivity index (χ2v) is 10.6. The number of fused-ring (bicyclic) bond motifs is 4. The van der Waals surface area contributed by atoms with E-state index in [-0.39, 0.29) is 17.7 Å². The van der Waals surface area contributed by atoms with E-state index in [1.807, 2.05) is 30.2 Å². The number of carbonyl (C=O) groups excluding carboxylic acids is 2. The molecule has 2 aromatic rings.